The fraction of sp³-hybridized carbons (Fsp3) is 1.00. The van der Waals surface area contributed by atoms with Crippen LogP contribution in [0.2, 0.25) is 0 Å². The molecule has 0 aromatic carbocycles. The summed E-state index contributed by atoms with van der Waals surface area (Å²) in [5.41, 5.74) is 0. The predicted molar refractivity (Wildman–Crippen MR) is 84.7 cm³/mol. The van der Waals surface area contributed by atoms with Crippen LogP contribution in [0.25, 0.3) is 0 Å². The smallest absolute Gasteiger partial charge is 0.200 e. The highest BCUT2D eigenvalue weighted by Crippen LogP contribution is 2.51. The molecule has 8 heteroatoms. The zero-order valence-electron chi connectivity index (χ0n) is 11.1. The first-order valence-electron chi connectivity index (χ1n) is 6.42. The topological polar surface area (TPSA) is 0 Å². The molecule has 0 fully saturated rings. The fourth-order valence-corrected chi connectivity index (χ4v) is 3.07. The third-order valence-corrected chi connectivity index (χ3v) is 4.65. The number of hydrogen-bond acceptors (Lipinski definition) is 0. The highest BCUT2D eigenvalue weighted by molar-refractivity contribution is 14.1. The van der Waals surface area contributed by atoms with E-state index in [9.17, 15) is 26.3 Å². The van der Waals surface area contributed by atoms with E-state index in [1.165, 1.54) is 0 Å². The monoisotopic (exact) mass is 530 g/mol. The first-order valence-corrected chi connectivity index (χ1v) is 8.74. The third kappa shape index (κ3) is 6.43. The van der Waals surface area contributed by atoms with Crippen LogP contribution in [0.5, 0.6) is 0 Å². The lowest BCUT2D eigenvalue weighted by molar-refractivity contribution is -0.271. The Hall–Kier alpha value is 1.04. The van der Waals surface area contributed by atoms with Gasteiger partial charge >= 0.3 is 15.8 Å². The van der Waals surface area contributed by atoms with Gasteiger partial charge in [0, 0.05) is 32.9 Å². The van der Waals surface area contributed by atoms with E-state index >= 15 is 0 Å². The quantitative estimate of drug-likeness (QED) is 0.126. The Morgan fingerprint density at radius 2 is 1.40 bits per heavy atom. The van der Waals surface area contributed by atoms with Gasteiger partial charge in [-0.3, -0.25) is 0 Å². The maximum Gasteiger partial charge on any atom is 0.381 e. The van der Waals surface area contributed by atoms with Crippen molar-refractivity contribution in [2.24, 2.45) is 0 Å². The third-order valence-electron chi connectivity index (χ3n) is 2.91. The molecule has 0 aliphatic rings. The maximum absolute atomic E-state index is 13.3. The first kappa shape index (κ1) is 21.0. The molecule has 0 N–H and O–H groups in total. The summed E-state index contributed by atoms with van der Waals surface area (Å²) in [4.78, 5) is 0. The fourth-order valence-electron chi connectivity index (χ4n) is 1.69. The van der Waals surface area contributed by atoms with E-state index < -0.39 is 26.1 Å². The van der Waals surface area contributed by atoms with Crippen LogP contribution in [0.4, 0.5) is 26.3 Å². The number of rotatable bonds is 10. The molecule has 0 rings (SSSR count). The van der Waals surface area contributed by atoms with E-state index in [4.69, 9.17) is 0 Å². The molecular weight excluding hydrogens is 512 g/mol. The normalized spacial score (nSPS) is 15.4. The predicted octanol–water partition coefficient (Wildman–Crippen LogP) is 6.84. The van der Waals surface area contributed by atoms with Gasteiger partial charge in [0.15, 0.2) is 0 Å². The summed E-state index contributed by atoms with van der Waals surface area (Å²) in [5, 5.41) is 0. The zero-order chi connectivity index (χ0) is 16.0. The van der Waals surface area contributed by atoms with Crippen molar-refractivity contribution in [3.8, 4) is 0 Å². The molecule has 1 atom stereocenters. The SMILES string of the molecule is CCCCCCCC(I)CC(F)(F)C(F)(F)C(F)(F)I. The van der Waals surface area contributed by atoms with Crippen molar-refractivity contribution in [1.29, 1.82) is 0 Å². The molecule has 0 saturated heterocycles. The summed E-state index contributed by atoms with van der Waals surface area (Å²) in [6.07, 6.45) is 3.66. The van der Waals surface area contributed by atoms with Gasteiger partial charge in [-0.2, -0.15) is 26.3 Å². The van der Waals surface area contributed by atoms with Crippen molar-refractivity contribution in [2.75, 3.05) is 0 Å². The number of halogens is 8. The van der Waals surface area contributed by atoms with Crippen LogP contribution < -0.4 is 0 Å². The van der Waals surface area contributed by atoms with Crippen LogP contribution >= 0.6 is 45.2 Å². The molecule has 122 valence electrons. The first-order chi connectivity index (χ1) is 8.95. The van der Waals surface area contributed by atoms with Gasteiger partial charge in [0.2, 0.25) is 0 Å². The molecule has 0 amide bonds. The highest BCUT2D eigenvalue weighted by Gasteiger charge is 2.70. The van der Waals surface area contributed by atoms with Gasteiger partial charge in [-0.1, -0.05) is 61.6 Å². The van der Waals surface area contributed by atoms with Crippen molar-refractivity contribution < 1.29 is 26.3 Å². The summed E-state index contributed by atoms with van der Waals surface area (Å²) >= 11 is 1.70. The van der Waals surface area contributed by atoms with E-state index in [2.05, 4.69) is 0 Å². The van der Waals surface area contributed by atoms with Crippen molar-refractivity contribution in [3.05, 3.63) is 0 Å². The Balaban J connectivity index is 4.32. The summed E-state index contributed by atoms with van der Waals surface area (Å²) in [7, 11) is 0. The molecule has 0 heterocycles. The van der Waals surface area contributed by atoms with Gasteiger partial charge in [0.1, 0.15) is 0 Å². The molecule has 0 aliphatic carbocycles. The second-order valence-electron chi connectivity index (χ2n) is 4.78. The number of hydrogen-bond donors (Lipinski definition) is 0. The van der Waals surface area contributed by atoms with Gasteiger partial charge in [-0.05, 0) is 6.42 Å². The summed E-state index contributed by atoms with van der Waals surface area (Å²) < 4.78 is 72.5. The van der Waals surface area contributed by atoms with Crippen LogP contribution in [0.15, 0.2) is 0 Å². The molecule has 20 heavy (non-hydrogen) atoms. The lowest BCUT2D eigenvalue weighted by Crippen LogP contribution is -2.51. The van der Waals surface area contributed by atoms with Gasteiger partial charge in [0.25, 0.3) is 0 Å². The maximum atomic E-state index is 13.3. The second-order valence-corrected chi connectivity index (χ2v) is 7.90. The van der Waals surface area contributed by atoms with E-state index in [1.807, 2.05) is 6.92 Å². The van der Waals surface area contributed by atoms with E-state index in [0.717, 1.165) is 25.7 Å². The standard InChI is InChI=1S/C12H18F6I2/c1-2-3-4-5-6-7-9(19)8-10(13,14)11(15,16)12(17,18)20/h9H,2-8H2,1H3. The Morgan fingerprint density at radius 3 is 1.85 bits per heavy atom. The lowest BCUT2D eigenvalue weighted by Gasteiger charge is -2.31. The Morgan fingerprint density at radius 1 is 0.900 bits per heavy atom. The van der Waals surface area contributed by atoms with E-state index in [0.29, 0.717) is 12.8 Å². The summed E-state index contributed by atoms with van der Waals surface area (Å²) in [6, 6.07) is 0. The zero-order valence-corrected chi connectivity index (χ0v) is 15.4. The Labute approximate surface area is 142 Å². The molecule has 0 nitrogen and oxygen atoms in total. The van der Waals surface area contributed by atoms with Gasteiger partial charge in [-0.15, -0.1) is 0 Å². The second kappa shape index (κ2) is 8.61. The van der Waals surface area contributed by atoms with Crippen molar-refractivity contribution >= 4 is 45.2 Å². The van der Waals surface area contributed by atoms with Gasteiger partial charge in [0.05, 0.1) is 0 Å². The summed E-state index contributed by atoms with van der Waals surface area (Å²) in [6.45, 7) is 2.04. The average Bonchev–Trinajstić information content (AvgIpc) is 2.26. The average molecular weight is 530 g/mol. The number of unbranched alkanes of at least 4 members (excludes halogenated alkanes) is 4. The number of alkyl halides is 8. The van der Waals surface area contributed by atoms with Crippen LogP contribution in [0.1, 0.15) is 51.9 Å². The Kier molecular flexibility index (Phi) is 9.06. The van der Waals surface area contributed by atoms with Crippen LogP contribution in [0.3, 0.4) is 0 Å². The van der Waals surface area contributed by atoms with Crippen LogP contribution in [-0.4, -0.2) is 19.7 Å². The minimum Gasteiger partial charge on any atom is -0.200 e. The molecule has 0 aliphatic heterocycles. The molecule has 1 unspecified atom stereocenters. The highest BCUT2D eigenvalue weighted by atomic mass is 127. The van der Waals surface area contributed by atoms with Crippen molar-refractivity contribution in [2.45, 2.75) is 71.6 Å². The molecule has 0 radical (unpaired) electrons. The van der Waals surface area contributed by atoms with Gasteiger partial charge < -0.3 is 0 Å². The Bertz CT molecular complexity index is 278. The van der Waals surface area contributed by atoms with E-state index in [1.54, 1.807) is 22.6 Å². The minimum atomic E-state index is -5.33. The lowest BCUT2D eigenvalue weighted by atomic mass is 10.0. The van der Waals surface area contributed by atoms with Crippen LogP contribution in [-0.2, 0) is 0 Å². The minimum absolute atomic E-state index is 0.0695. The van der Waals surface area contributed by atoms with Crippen molar-refractivity contribution in [1.82, 2.24) is 0 Å². The van der Waals surface area contributed by atoms with E-state index in [-0.39, 0.29) is 22.6 Å². The molecule has 0 aromatic heterocycles. The molecule has 0 saturated carbocycles. The molecule has 0 spiro atoms. The largest absolute Gasteiger partial charge is 0.381 e. The molecule has 0 bridgehead atoms. The molecule has 0 aromatic rings. The summed E-state index contributed by atoms with van der Waals surface area (Å²) in [5.74, 6) is -10.0. The van der Waals surface area contributed by atoms with Crippen molar-refractivity contribution in [3.63, 3.8) is 0 Å². The van der Waals surface area contributed by atoms with Gasteiger partial charge in [-0.25, -0.2) is 0 Å². The molecular formula is C12H18F6I2. The van der Waals surface area contributed by atoms with Crippen LogP contribution in [0, 0.1) is 0 Å².